The highest BCUT2D eigenvalue weighted by Gasteiger charge is 2.36. The molecule has 0 bridgehead atoms. The molecule has 1 rings (SSSR count). The zero-order chi connectivity index (χ0) is 8.32. The van der Waals surface area contributed by atoms with Gasteiger partial charge in [-0.05, 0) is 30.6 Å². The van der Waals surface area contributed by atoms with Crippen LogP contribution in [0.4, 0.5) is 0 Å². The van der Waals surface area contributed by atoms with Crippen LogP contribution in [0.25, 0.3) is 0 Å². The molecule has 1 saturated carbocycles. The normalized spacial score (nSPS) is 37.9. The molecule has 0 saturated heterocycles. The SMILES string of the molecule is CCCC1(C)CCC[C@@H]1CO. The van der Waals surface area contributed by atoms with E-state index in [4.69, 9.17) is 5.11 Å². The second-order valence-electron chi connectivity index (χ2n) is 4.18. The van der Waals surface area contributed by atoms with Gasteiger partial charge in [0.1, 0.15) is 0 Å². The molecule has 2 atom stereocenters. The molecule has 1 nitrogen and oxygen atoms in total. The van der Waals surface area contributed by atoms with Crippen LogP contribution >= 0.6 is 0 Å². The molecule has 0 aromatic heterocycles. The van der Waals surface area contributed by atoms with Crippen molar-refractivity contribution in [2.75, 3.05) is 6.61 Å². The minimum atomic E-state index is 0.399. The molecule has 0 aromatic rings. The third-order valence-electron chi connectivity index (χ3n) is 3.33. The number of hydrogen-bond donors (Lipinski definition) is 1. The Balaban J connectivity index is 2.51. The first kappa shape index (κ1) is 9.05. The van der Waals surface area contributed by atoms with E-state index in [-0.39, 0.29) is 0 Å². The average Bonchev–Trinajstić information content (AvgIpc) is 2.31. The van der Waals surface area contributed by atoms with E-state index in [2.05, 4.69) is 13.8 Å². The summed E-state index contributed by atoms with van der Waals surface area (Å²) in [4.78, 5) is 0. The van der Waals surface area contributed by atoms with Gasteiger partial charge in [0.2, 0.25) is 0 Å². The van der Waals surface area contributed by atoms with E-state index in [0.717, 1.165) is 0 Å². The Morgan fingerprint density at radius 3 is 2.82 bits per heavy atom. The molecule has 0 amide bonds. The fraction of sp³-hybridized carbons (Fsp3) is 1.00. The van der Waals surface area contributed by atoms with Crippen molar-refractivity contribution in [3.63, 3.8) is 0 Å². The van der Waals surface area contributed by atoms with Crippen molar-refractivity contribution >= 4 is 0 Å². The van der Waals surface area contributed by atoms with E-state index in [1.807, 2.05) is 0 Å². The quantitative estimate of drug-likeness (QED) is 0.666. The zero-order valence-corrected chi connectivity index (χ0v) is 7.77. The summed E-state index contributed by atoms with van der Waals surface area (Å²) in [6, 6.07) is 0. The van der Waals surface area contributed by atoms with Crippen molar-refractivity contribution in [1.29, 1.82) is 0 Å². The molecular weight excluding hydrogens is 136 g/mol. The summed E-state index contributed by atoms with van der Waals surface area (Å²) in [5, 5.41) is 9.13. The molecule has 0 aromatic carbocycles. The third-order valence-corrected chi connectivity index (χ3v) is 3.33. The third kappa shape index (κ3) is 1.76. The predicted octanol–water partition coefficient (Wildman–Crippen LogP) is 2.59. The summed E-state index contributed by atoms with van der Waals surface area (Å²) in [6.45, 7) is 4.97. The van der Waals surface area contributed by atoms with Crippen LogP contribution in [0.5, 0.6) is 0 Å². The number of aliphatic hydroxyl groups is 1. The average molecular weight is 156 g/mol. The number of hydrogen-bond acceptors (Lipinski definition) is 1. The monoisotopic (exact) mass is 156 g/mol. The molecule has 1 aliphatic rings. The molecular formula is C10H20O. The molecule has 0 radical (unpaired) electrons. The Morgan fingerprint density at radius 2 is 2.27 bits per heavy atom. The maximum absolute atomic E-state index is 9.13. The number of rotatable bonds is 3. The van der Waals surface area contributed by atoms with Crippen LogP contribution in [0.2, 0.25) is 0 Å². The molecule has 1 N–H and O–H groups in total. The first-order chi connectivity index (χ1) is 5.23. The van der Waals surface area contributed by atoms with Gasteiger partial charge in [-0.15, -0.1) is 0 Å². The van der Waals surface area contributed by atoms with E-state index >= 15 is 0 Å². The van der Waals surface area contributed by atoms with Gasteiger partial charge in [-0.25, -0.2) is 0 Å². The van der Waals surface area contributed by atoms with Crippen LogP contribution in [-0.2, 0) is 0 Å². The van der Waals surface area contributed by atoms with E-state index in [0.29, 0.717) is 17.9 Å². The van der Waals surface area contributed by atoms with Crippen LogP contribution in [0.15, 0.2) is 0 Å². The summed E-state index contributed by atoms with van der Waals surface area (Å²) in [6.07, 6.45) is 6.44. The fourth-order valence-corrected chi connectivity index (χ4v) is 2.52. The van der Waals surface area contributed by atoms with E-state index in [9.17, 15) is 0 Å². The Kier molecular flexibility index (Phi) is 2.94. The first-order valence-corrected chi connectivity index (χ1v) is 4.84. The summed E-state index contributed by atoms with van der Waals surface area (Å²) in [5.74, 6) is 0.586. The molecule has 0 spiro atoms. The van der Waals surface area contributed by atoms with Gasteiger partial charge in [-0.2, -0.15) is 0 Å². The Morgan fingerprint density at radius 1 is 1.55 bits per heavy atom. The van der Waals surface area contributed by atoms with E-state index < -0.39 is 0 Å². The second-order valence-corrected chi connectivity index (χ2v) is 4.18. The highest BCUT2D eigenvalue weighted by Crippen LogP contribution is 2.45. The highest BCUT2D eigenvalue weighted by molar-refractivity contribution is 4.87. The van der Waals surface area contributed by atoms with E-state index in [1.165, 1.54) is 32.1 Å². The lowest BCUT2D eigenvalue weighted by Crippen LogP contribution is -2.24. The molecule has 1 aliphatic carbocycles. The number of aliphatic hydroxyl groups excluding tert-OH is 1. The maximum atomic E-state index is 9.13. The van der Waals surface area contributed by atoms with Crippen molar-refractivity contribution in [1.82, 2.24) is 0 Å². The van der Waals surface area contributed by atoms with Crippen molar-refractivity contribution in [2.24, 2.45) is 11.3 Å². The van der Waals surface area contributed by atoms with Crippen LogP contribution < -0.4 is 0 Å². The van der Waals surface area contributed by atoms with Crippen LogP contribution in [0, 0.1) is 11.3 Å². The van der Waals surface area contributed by atoms with Crippen molar-refractivity contribution in [2.45, 2.75) is 46.0 Å². The standard InChI is InChI=1S/C10H20O/c1-3-6-10(2)7-4-5-9(10)8-11/h9,11H,3-8H2,1-2H3/t9-,10?/m1/s1. The van der Waals surface area contributed by atoms with Gasteiger partial charge in [-0.3, -0.25) is 0 Å². The van der Waals surface area contributed by atoms with Gasteiger partial charge < -0.3 is 5.11 Å². The van der Waals surface area contributed by atoms with Gasteiger partial charge in [-0.1, -0.05) is 26.7 Å². The first-order valence-electron chi connectivity index (χ1n) is 4.84. The largest absolute Gasteiger partial charge is 0.396 e. The summed E-state index contributed by atoms with van der Waals surface area (Å²) < 4.78 is 0. The molecule has 1 unspecified atom stereocenters. The Labute approximate surface area is 69.8 Å². The van der Waals surface area contributed by atoms with Gasteiger partial charge in [0, 0.05) is 6.61 Å². The lowest BCUT2D eigenvalue weighted by atomic mass is 9.77. The zero-order valence-electron chi connectivity index (χ0n) is 7.77. The van der Waals surface area contributed by atoms with Gasteiger partial charge >= 0.3 is 0 Å². The van der Waals surface area contributed by atoms with Crippen molar-refractivity contribution in [3.05, 3.63) is 0 Å². The maximum Gasteiger partial charge on any atom is 0.0464 e. The van der Waals surface area contributed by atoms with Crippen LogP contribution in [-0.4, -0.2) is 11.7 Å². The second kappa shape index (κ2) is 3.57. The van der Waals surface area contributed by atoms with Gasteiger partial charge in [0.25, 0.3) is 0 Å². The summed E-state index contributed by atoms with van der Waals surface area (Å²) in [7, 11) is 0. The smallest absolute Gasteiger partial charge is 0.0464 e. The summed E-state index contributed by atoms with van der Waals surface area (Å²) >= 11 is 0. The topological polar surface area (TPSA) is 20.2 Å². The van der Waals surface area contributed by atoms with Gasteiger partial charge in [0.15, 0.2) is 0 Å². The highest BCUT2D eigenvalue weighted by atomic mass is 16.3. The lowest BCUT2D eigenvalue weighted by molar-refractivity contribution is 0.122. The van der Waals surface area contributed by atoms with Crippen molar-refractivity contribution in [3.8, 4) is 0 Å². The Bertz CT molecular complexity index is 122. The Hall–Kier alpha value is -0.0400. The minimum absolute atomic E-state index is 0.399. The van der Waals surface area contributed by atoms with Crippen LogP contribution in [0.1, 0.15) is 46.0 Å². The molecule has 1 heteroatoms. The van der Waals surface area contributed by atoms with E-state index in [1.54, 1.807) is 0 Å². The van der Waals surface area contributed by atoms with Gasteiger partial charge in [0.05, 0.1) is 0 Å². The lowest BCUT2D eigenvalue weighted by Gasteiger charge is -2.29. The molecule has 1 fully saturated rings. The molecule has 66 valence electrons. The summed E-state index contributed by atoms with van der Waals surface area (Å²) in [5.41, 5.74) is 0.462. The molecule has 11 heavy (non-hydrogen) atoms. The molecule has 0 heterocycles. The predicted molar refractivity (Wildman–Crippen MR) is 47.4 cm³/mol. The minimum Gasteiger partial charge on any atom is -0.396 e. The van der Waals surface area contributed by atoms with Crippen LogP contribution in [0.3, 0.4) is 0 Å². The fourth-order valence-electron chi connectivity index (χ4n) is 2.52. The van der Waals surface area contributed by atoms with Crippen molar-refractivity contribution < 1.29 is 5.11 Å². The molecule has 0 aliphatic heterocycles.